The standard InChI is InChI=1S/C20H23N5O2S.C12H24O/c1-13-6-5-7-15(22-13)16-12-28-19(23-16)24-17(26)10-21-18(27)14-8-9-25(11-14)20(2,3)4;1-4-11(3)7-6-8-12(5-2)9-10-13-12/h5-9,11-12H,10H2,1-4H3,(H,21,27)(H,23,24,26);11H,4-10H2,1-3H3. The fourth-order valence-corrected chi connectivity index (χ4v) is 5.25. The Labute approximate surface area is 249 Å². The number of nitrogens with one attached hydrogen (secondary N) is 2. The number of pyridine rings is 1. The number of carbonyl (C=O) groups is 2. The van der Waals surface area contributed by atoms with E-state index in [2.05, 4.69) is 62.1 Å². The minimum Gasteiger partial charge on any atom is -0.375 e. The highest BCUT2D eigenvalue weighted by Crippen LogP contribution is 2.35. The monoisotopic (exact) mass is 581 g/mol. The Hall–Kier alpha value is -3.04. The predicted molar refractivity (Wildman–Crippen MR) is 167 cm³/mol. The number of ether oxygens (including phenoxy) is 1. The maximum absolute atomic E-state index is 12.2. The third-order valence-corrected chi connectivity index (χ3v) is 8.43. The second kappa shape index (κ2) is 14.7. The lowest BCUT2D eigenvalue weighted by atomic mass is 9.85. The molecule has 4 heterocycles. The summed E-state index contributed by atoms with van der Waals surface area (Å²) in [6, 6.07) is 7.44. The van der Waals surface area contributed by atoms with Gasteiger partial charge in [0.25, 0.3) is 5.91 Å². The third kappa shape index (κ3) is 9.78. The fraction of sp³-hybridized carbons (Fsp3) is 0.562. The van der Waals surface area contributed by atoms with E-state index in [1.807, 2.05) is 41.3 Å². The molecular weight excluding hydrogens is 534 g/mol. The highest BCUT2D eigenvalue weighted by Gasteiger charge is 2.35. The van der Waals surface area contributed by atoms with E-state index in [9.17, 15) is 9.59 Å². The SMILES string of the molecule is CCC(C)CCCC1(CC)CCO1.Cc1cccc(-c2csc(NC(=O)CNC(=O)c3ccn(C(C)(C)C)c3)n2)n1. The number of hydrogen-bond donors (Lipinski definition) is 2. The third-order valence-electron chi connectivity index (χ3n) is 7.68. The van der Waals surface area contributed by atoms with Crippen LogP contribution in [0.4, 0.5) is 5.13 Å². The van der Waals surface area contributed by atoms with Gasteiger partial charge in [-0.05, 0) is 71.1 Å². The van der Waals surface area contributed by atoms with Crippen LogP contribution >= 0.6 is 11.3 Å². The molecule has 0 aromatic carbocycles. The lowest BCUT2D eigenvalue weighted by Gasteiger charge is -2.41. The zero-order valence-electron chi connectivity index (χ0n) is 25.8. The molecule has 1 aliphatic heterocycles. The van der Waals surface area contributed by atoms with Gasteiger partial charge in [0.05, 0.1) is 30.0 Å². The van der Waals surface area contributed by atoms with Crippen LogP contribution in [0.5, 0.6) is 0 Å². The van der Waals surface area contributed by atoms with Gasteiger partial charge >= 0.3 is 0 Å². The normalized spacial score (nSPS) is 17.1. The molecule has 0 saturated carbocycles. The van der Waals surface area contributed by atoms with Gasteiger partial charge in [-0.3, -0.25) is 14.6 Å². The molecule has 2 unspecified atom stereocenters. The van der Waals surface area contributed by atoms with Crippen LogP contribution in [0.25, 0.3) is 11.4 Å². The summed E-state index contributed by atoms with van der Waals surface area (Å²) < 4.78 is 7.64. The van der Waals surface area contributed by atoms with Crippen molar-refractivity contribution in [2.24, 2.45) is 5.92 Å². The highest BCUT2D eigenvalue weighted by atomic mass is 32.1. The van der Waals surface area contributed by atoms with Crippen LogP contribution in [0.2, 0.25) is 0 Å². The lowest BCUT2D eigenvalue weighted by Crippen LogP contribution is -2.42. The molecule has 2 N–H and O–H groups in total. The average molecular weight is 582 g/mol. The van der Waals surface area contributed by atoms with E-state index in [0.29, 0.717) is 22.0 Å². The van der Waals surface area contributed by atoms with Gasteiger partial charge in [-0.25, -0.2) is 4.98 Å². The second-order valence-corrected chi connectivity index (χ2v) is 12.8. The van der Waals surface area contributed by atoms with Crippen molar-refractivity contribution in [1.82, 2.24) is 19.9 Å². The van der Waals surface area contributed by atoms with E-state index in [0.717, 1.165) is 23.9 Å². The van der Waals surface area contributed by atoms with Crippen molar-refractivity contribution >= 4 is 28.3 Å². The summed E-state index contributed by atoms with van der Waals surface area (Å²) in [6.45, 7) is 15.8. The summed E-state index contributed by atoms with van der Waals surface area (Å²) in [6.07, 6.45) is 11.5. The van der Waals surface area contributed by atoms with Crippen molar-refractivity contribution in [3.8, 4) is 11.4 Å². The minimum atomic E-state index is -0.332. The number of anilines is 1. The Kier molecular flexibility index (Phi) is 11.7. The Bertz CT molecular complexity index is 1270. The molecule has 2 atom stereocenters. The van der Waals surface area contributed by atoms with Crippen LogP contribution in [0, 0.1) is 12.8 Å². The molecule has 1 fully saturated rings. The number of nitrogens with zero attached hydrogens (tertiary/aromatic N) is 3. The molecule has 8 nitrogen and oxygen atoms in total. The van der Waals surface area contributed by atoms with Gasteiger partial charge in [0, 0.05) is 29.0 Å². The Morgan fingerprint density at radius 3 is 2.51 bits per heavy atom. The van der Waals surface area contributed by atoms with E-state index in [1.54, 1.807) is 12.3 Å². The summed E-state index contributed by atoms with van der Waals surface area (Å²) >= 11 is 1.32. The van der Waals surface area contributed by atoms with Crippen LogP contribution in [-0.4, -0.2) is 45.1 Å². The first-order valence-corrected chi connectivity index (χ1v) is 15.6. The molecule has 9 heteroatoms. The summed E-state index contributed by atoms with van der Waals surface area (Å²) in [5.41, 5.74) is 3.08. The van der Waals surface area contributed by atoms with Crippen molar-refractivity contribution in [3.63, 3.8) is 0 Å². The molecule has 0 aliphatic carbocycles. The molecule has 3 aromatic rings. The van der Waals surface area contributed by atoms with E-state index in [-0.39, 0.29) is 23.9 Å². The zero-order chi connectivity index (χ0) is 30.0. The molecule has 224 valence electrons. The smallest absolute Gasteiger partial charge is 0.253 e. The molecule has 41 heavy (non-hydrogen) atoms. The summed E-state index contributed by atoms with van der Waals surface area (Å²) in [4.78, 5) is 33.2. The van der Waals surface area contributed by atoms with E-state index >= 15 is 0 Å². The van der Waals surface area contributed by atoms with Gasteiger partial charge in [-0.15, -0.1) is 11.3 Å². The van der Waals surface area contributed by atoms with Crippen LogP contribution in [-0.2, 0) is 15.1 Å². The number of carbonyl (C=O) groups excluding carboxylic acids is 2. The minimum absolute atomic E-state index is 0.107. The van der Waals surface area contributed by atoms with Gasteiger partial charge < -0.3 is 19.9 Å². The molecule has 4 rings (SSSR count). The molecular formula is C32H47N5O3S. The Morgan fingerprint density at radius 1 is 1.17 bits per heavy atom. The number of rotatable bonds is 11. The molecule has 1 aliphatic rings. The van der Waals surface area contributed by atoms with Crippen molar-refractivity contribution in [1.29, 1.82) is 0 Å². The second-order valence-electron chi connectivity index (χ2n) is 12.0. The maximum atomic E-state index is 12.2. The zero-order valence-corrected chi connectivity index (χ0v) is 26.6. The molecule has 0 radical (unpaired) electrons. The lowest BCUT2D eigenvalue weighted by molar-refractivity contribution is -0.154. The average Bonchev–Trinajstić information content (AvgIpc) is 3.60. The van der Waals surface area contributed by atoms with E-state index in [1.165, 1.54) is 49.9 Å². The number of thiazole rings is 1. The van der Waals surface area contributed by atoms with Crippen molar-refractivity contribution in [3.05, 3.63) is 53.3 Å². The van der Waals surface area contributed by atoms with Crippen molar-refractivity contribution < 1.29 is 14.3 Å². The van der Waals surface area contributed by atoms with Gasteiger partial charge in [0.2, 0.25) is 5.91 Å². The molecule has 3 aromatic heterocycles. The maximum Gasteiger partial charge on any atom is 0.253 e. The fourth-order valence-electron chi connectivity index (χ4n) is 4.53. The first-order chi connectivity index (χ1) is 19.4. The highest BCUT2D eigenvalue weighted by molar-refractivity contribution is 7.14. The quantitative estimate of drug-likeness (QED) is 0.249. The van der Waals surface area contributed by atoms with E-state index < -0.39 is 0 Å². The Balaban J connectivity index is 0.000000298. The number of hydrogen-bond acceptors (Lipinski definition) is 6. The van der Waals surface area contributed by atoms with Gasteiger partial charge in [-0.1, -0.05) is 46.1 Å². The van der Waals surface area contributed by atoms with Gasteiger partial charge in [-0.2, -0.15) is 0 Å². The van der Waals surface area contributed by atoms with Gasteiger partial charge in [0.15, 0.2) is 5.13 Å². The molecule has 0 spiro atoms. The van der Waals surface area contributed by atoms with Gasteiger partial charge in [0.1, 0.15) is 5.69 Å². The molecule has 0 bridgehead atoms. The molecule has 2 amide bonds. The van der Waals surface area contributed by atoms with Crippen molar-refractivity contribution in [2.75, 3.05) is 18.5 Å². The Morgan fingerprint density at radius 2 is 1.93 bits per heavy atom. The summed E-state index contributed by atoms with van der Waals surface area (Å²) in [7, 11) is 0. The first-order valence-electron chi connectivity index (χ1n) is 14.7. The number of amides is 2. The number of aromatic nitrogens is 3. The van der Waals surface area contributed by atoms with Crippen molar-refractivity contribution in [2.45, 2.75) is 98.1 Å². The topological polar surface area (TPSA) is 98.1 Å². The van der Waals surface area contributed by atoms with Crippen LogP contribution in [0.3, 0.4) is 0 Å². The molecule has 1 saturated heterocycles. The first kappa shape index (κ1) is 32.5. The number of aryl methyl sites for hydroxylation is 1. The van der Waals surface area contributed by atoms with E-state index in [4.69, 9.17) is 4.74 Å². The van der Waals surface area contributed by atoms with Crippen LogP contribution in [0.1, 0.15) is 96.1 Å². The largest absolute Gasteiger partial charge is 0.375 e. The summed E-state index contributed by atoms with van der Waals surface area (Å²) in [5, 5.41) is 7.64. The van der Waals surface area contributed by atoms with Crippen LogP contribution in [0.15, 0.2) is 42.0 Å². The predicted octanol–water partition coefficient (Wildman–Crippen LogP) is 7.21. The van der Waals surface area contributed by atoms with Crippen LogP contribution < -0.4 is 10.6 Å². The summed E-state index contributed by atoms with van der Waals surface area (Å²) in [5.74, 6) is 0.276.